The number of nitriles is 1. The van der Waals surface area contributed by atoms with Gasteiger partial charge >= 0.3 is 0 Å². The van der Waals surface area contributed by atoms with Gasteiger partial charge in [0.2, 0.25) is 11.8 Å². The monoisotopic (exact) mass is 337 g/mol. The Morgan fingerprint density at radius 3 is 2.64 bits per heavy atom. The zero-order valence-electron chi connectivity index (χ0n) is 14.8. The molecular formula is C19H23N5O. The van der Waals surface area contributed by atoms with Crippen molar-refractivity contribution in [2.24, 2.45) is 5.73 Å². The lowest BCUT2D eigenvalue weighted by molar-refractivity contribution is 0.378. The first-order valence-electron chi connectivity index (χ1n) is 8.48. The van der Waals surface area contributed by atoms with Crippen molar-refractivity contribution in [1.29, 1.82) is 5.26 Å². The summed E-state index contributed by atoms with van der Waals surface area (Å²) in [6, 6.07) is 10.4. The molecule has 0 spiro atoms. The summed E-state index contributed by atoms with van der Waals surface area (Å²) in [5.41, 5.74) is 10.5. The molecule has 25 heavy (non-hydrogen) atoms. The zero-order chi connectivity index (χ0) is 18.0. The average molecular weight is 337 g/mol. The normalized spacial score (nSPS) is 16.2. The van der Waals surface area contributed by atoms with Crippen molar-refractivity contribution < 1.29 is 4.74 Å². The van der Waals surface area contributed by atoms with Crippen LogP contribution < -0.4 is 15.4 Å². The maximum absolute atomic E-state index is 9.66. The lowest BCUT2D eigenvalue weighted by Gasteiger charge is -2.24. The number of H-pyrrole nitrogens is 1. The lowest BCUT2D eigenvalue weighted by Crippen LogP contribution is -2.21. The minimum Gasteiger partial charge on any atom is -0.420 e. The summed E-state index contributed by atoms with van der Waals surface area (Å²) in [4.78, 5) is 2.04. The molecule has 1 aromatic heterocycles. The van der Waals surface area contributed by atoms with Gasteiger partial charge in [-0.3, -0.25) is 5.10 Å². The predicted octanol–water partition coefficient (Wildman–Crippen LogP) is 3.04. The fourth-order valence-electron chi connectivity index (χ4n) is 3.15. The van der Waals surface area contributed by atoms with Crippen LogP contribution in [-0.2, 0) is 6.42 Å². The van der Waals surface area contributed by atoms with Gasteiger partial charge in [0.25, 0.3) is 0 Å². The van der Waals surface area contributed by atoms with Gasteiger partial charge in [-0.2, -0.15) is 5.26 Å². The largest absolute Gasteiger partial charge is 0.420 e. The molecule has 3 rings (SSSR count). The van der Waals surface area contributed by atoms with Gasteiger partial charge in [0, 0.05) is 31.0 Å². The second-order valence-electron chi connectivity index (χ2n) is 6.44. The molecule has 1 aliphatic heterocycles. The van der Waals surface area contributed by atoms with E-state index in [4.69, 9.17) is 10.5 Å². The first kappa shape index (κ1) is 16.9. The van der Waals surface area contributed by atoms with Crippen LogP contribution >= 0.6 is 0 Å². The van der Waals surface area contributed by atoms with Crippen LogP contribution in [0.1, 0.15) is 42.5 Å². The van der Waals surface area contributed by atoms with Gasteiger partial charge in [0.1, 0.15) is 11.6 Å². The minimum atomic E-state index is -0.254. The summed E-state index contributed by atoms with van der Waals surface area (Å²) in [5, 5.41) is 17.0. The van der Waals surface area contributed by atoms with E-state index in [0.29, 0.717) is 11.5 Å². The molecule has 0 bridgehead atoms. The van der Waals surface area contributed by atoms with E-state index in [0.717, 1.165) is 41.8 Å². The molecule has 0 unspecified atom stereocenters. The maximum atomic E-state index is 9.66. The topological polar surface area (TPSA) is 91.0 Å². The van der Waals surface area contributed by atoms with Crippen LogP contribution in [0.5, 0.6) is 5.88 Å². The van der Waals surface area contributed by atoms with E-state index in [1.165, 1.54) is 0 Å². The van der Waals surface area contributed by atoms with Crippen molar-refractivity contribution in [3.63, 3.8) is 0 Å². The Morgan fingerprint density at radius 2 is 2.04 bits per heavy atom. The van der Waals surface area contributed by atoms with Gasteiger partial charge in [0.15, 0.2) is 0 Å². The van der Waals surface area contributed by atoms with Crippen LogP contribution in [0.4, 0.5) is 5.69 Å². The fourth-order valence-corrected chi connectivity index (χ4v) is 3.15. The number of ether oxygens (including phenoxy) is 1. The van der Waals surface area contributed by atoms with Crippen LogP contribution in [0.2, 0.25) is 0 Å². The summed E-state index contributed by atoms with van der Waals surface area (Å²) >= 11 is 0. The van der Waals surface area contributed by atoms with E-state index in [1.54, 1.807) is 0 Å². The first-order valence-corrected chi connectivity index (χ1v) is 8.48. The molecule has 1 atom stereocenters. The van der Waals surface area contributed by atoms with Gasteiger partial charge in [-0.1, -0.05) is 25.5 Å². The highest BCUT2D eigenvalue weighted by Gasteiger charge is 2.34. The van der Waals surface area contributed by atoms with E-state index >= 15 is 0 Å². The van der Waals surface area contributed by atoms with Crippen LogP contribution in [0.15, 0.2) is 35.7 Å². The van der Waals surface area contributed by atoms with Crippen molar-refractivity contribution in [3.8, 4) is 11.9 Å². The van der Waals surface area contributed by atoms with Crippen molar-refractivity contribution in [2.75, 3.05) is 19.0 Å². The summed E-state index contributed by atoms with van der Waals surface area (Å²) < 4.78 is 5.59. The number of hydrogen-bond acceptors (Lipinski definition) is 5. The number of nitrogens with one attached hydrogen (secondary N) is 1. The summed E-state index contributed by atoms with van der Waals surface area (Å²) in [6.07, 6.45) is 3.00. The molecule has 0 fully saturated rings. The van der Waals surface area contributed by atoms with Crippen molar-refractivity contribution in [2.45, 2.75) is 32.1 Å². The first-order chi connectivity index (χ1) is 12.1. The van der Waals surface area contributed by atoms with Gasteiger partial charge in [-0.05, 0) is 30.5 Å². The van der Waals surface area contributed by atoms with Crippen LogP contribution in [0.25, 0.3) is 0 Å². The molecule has 0 saturated carbocycles. The second-order valence-corrected chi connectivity index (χ2v) is 6.44. The number of nitrogens with two attached hydrogens (primary N) is 1. The Labute approximate surface area is 147 Å². The molecule has 0 saturated heterocycles. The molecule has 1 aromatic carbocycles. The Bertz CT molecular complexity index is 826. The Kier molecular flexibility index (Phi) is 4.66. The molecule has 130 valence electrons. The zero-order valence-corrected chi connectivity index (χ0v) is 14.8. The highest BCUT2D eigenvalue weighted by Crippen LogP contribution is 2.43. The molecule has 0 amide bonds. The summed E-state index contributed by atoms with van der Waals surface area (Å²) in [7, 11) is 4.00. The third-order valence-corrected chi connectivity index (χ3v) is 4.54. The van der Waals surface area contributed by atoms with E-state index < -0.39 is 0 Å². The molecule has 0 radical (unpaired) electrons. The highest BCUT2D eigenvalue weighted by atomic mass is 16.5. The van der Waals surface area contributed by atoms with Crippen molar-refractivity contribution >= 4 is 5.69 Å². The number of aryl methyl sites for hydroxylation is 1. The van der Waals surface area contributed by atoms with Crippen LogP contribution in [0.3, 0.4) is 0 Å². The number of fused-ring (bicyclic) bond motifs is 1. The van der Waals surface area contributed by atoms with Gasteiger partial charge in [-0.15, -0.1) is 5.10 Å². The average Bonchev–Trinajstić information content (AvgIpc) is 3.01. The number of aromatic nitrogens is 2. The number of unbranched alkanes of at least 4 members (excludes halogenated alkanes) is 1. The summed E-state index contributed by atoms with van der Waals surface area (Å²) in [5.74, 6) is 0.352. The van der Waals surface area contributed by atoms with Crippen molar-refractivity contribution in [3.05, 3.63) is 52.5 Å². The van der Waals surface area contributed by atoms with E-state index in [9.17, 15) is 5.26 Å². The van der Waals surface area contributed by atoms with E-state index in [1.807, 2.05) is 43.3 Å². The molecule has 0 aliphatic carbocycles. The van der Waals surface area contributed by atoms with E-state index in [2.05, 4.69) is 23.2 Å². The van der Waals surface area contributed by atoms with Gasteiger partial charge in [-0.25, -0.2) is 0 Å². The molecule has 2 heterocycles. The number of nitrogens with zero attached hydrogens (tertiary/aromatic N) is 3. The highest BCUT2D eigenvalue weighted by molar-refractivity contribution is 5.57. The SMILES string of the molecule is CCCCc1[nH]nc2c1[C@@H](c1ccc(N(C)C)cc1)C(C#N)=C(N)O2. The Hall–Kier alpha value is -2.94. The summed E-state index contributed by atoms with van der Waals surface area (Å²) in [6.45, 7) is 2.15. The molecular weight excluding hydrogens is 314 g/mol. The number of hydrogen-bond donors (Lipinski definition) is 2. The van der Waals surface area contributed by atoms with Gasteiger partial charge in [0.05, 0.1) is 5.92 Å². The van der Waals surface area contributed by atoms with E-state index in [-0.39, 0.29) is 11.8 Å². The third kappa shape index (κ3) is 3.05. The number of aromatic amines is 1. The number of rotatable bonds is 5. The molecule has 1 aliphatic rings. The quantitative estimate of drug-likeness (QED) is 0.875. The molecule has 6 heteroatoms. The predicted molar refractivity (Wildman–Crippen MR) is 97.3 cm³/mol. The Balaban J connectivity index is 2.09. The van der Waals surface area contributed by atoms with Crippen molar-refractivity contribution in [1.82, 2.24) is 10.2 Å². The molecule has 6 nitrogen and oxygen atoms in total. The molecule has 2 aromatic rings. The second kappa shape index (κ2) is 6.89. The van der Waals surface area contributed by atoms with Gasteiger partial charge < -0.3 is 15.4 Å². The fraction of sp³-hybridized carbons (Fsp3) is 0.368. The minimum absolute atomic E-state index is 0.130. The molecule has 3 N–H and O–H groups in total. The van der Waals surface area contributed by atoms with Crippen LogP contribution in [0, 0.1) is 11.3 Å². The number of benzene rings is 1. The maximum Gasteiger partial charge on any atom is 0.244 e. The smallest absolute Gasteiger partial charge is 0.244 e. The number of anilines is 1. The Morgan fingerprint density at radius 1 is 1.32 bits per heavy atom. The third-order valence-electron chi connectivity index (χ3n) is 4.54. The number of allylic oxidation sites excluding steroid dienone is 1. The van der Waals surface area contributed by atoms with Crippen LogP contribution in [-0.4, -0.2) is 24.3 Å². The lowest BCUT2D eigenvalue weighted by atomic mass is 9.83. The standard InChI is InChI=1S/C19H23N5O/c1-4-5-6-15-17-16(12-7-9-13(10-8-12)24(2)3)14(11-20)18(21)25-19(17)23-22-15/h7-10,16H,4-6,21H2,1-3H3,(H,22,23)/t16-/m0/s1.